The van der Waals surface area contributed by atoms with Gasteiger partial charge in [-0.15, -0.1) is 11.3 Å². The van der Waals surface area contributed by atoms with E-state index in [9.17, 15) is 0 Å². The van der Waals surface area contributed by atoms with E-state index in [0.29, 0.717) is 11.6 Å². The highest BCUT2D eigenvalue weighted by Crippen LogP contribution is 2.47. The summed E-state index contributed by atoms with van der Waals surface area (Å²) in [5.41, 5.74) is 9.51. The van der Waals surface area contributed by atoms with Gasteiger partial charge < -0.3 is 8.83 Å². The molecule has 10 aromatic rings. The van der Waals surface area contributed by atoms with Crippen molar-refractivity contribution in [3.8, 4) is 33.9 Å². The van der Waals surface area contributed by atoms with E-state index in [4.69, 9.17) is 23.8 Å². The Kier molecular flexibility index (Phi) is 8.00. The van der Waals surface area contributed by atoms with Crippen LogP contribution in [0.15, 0.2) is 154 Å². The lowest BCUT2D eigenvalue weighted by molar-refractivity contribution is 0.518. The largest absolute Gasteiger partial charge is 0.461 e. The molecule has 5 nitrogen and oxygen atoms in total. The molecular formula is C51H37N3O2S. The first-order chi connectivity index (χ1) is 28.1. The van der Waals surface area contributed by atoms with E-state index in [-0.39, 0.29) is 11.8 Å². The lowest BCUT2D eigenvalue weighted by Crippen LogP contribution is -2.09. The molecule has 0 amide bonds. The van der Waals surface area contributed by atoms with E-state index in [2.05, 4.69) is 140 Å². The van der Waals surface area contributed by atoms with E-state index in [1.165, 1.54) is 36.9 Å². The fourth-order valence-electron chi connectivity index (χ4n) is 8.77. The molecule has 11 rings (SSSR count). The molecule has 1 aliphatic rings. The minimum atomic E-state index is -0.0172. The number of aryl methyl sites for hydroxylation is 1. The van der Waals surface area contributed by atoms with Gasteiger partial charge in [-0.05, 0) is 60.7 Å². The van der Waals surface area contributed by atoms with Crippen molar-refractivity contribution in [1.82, 2.24) is 15.0 Å². The van der Waals surface area contributed by atoms with Crippen LogP contribution in [0.2, 0.25) is 0 Å². The molecule has 274 valence electrons. The highest BCUT2D eigenvalue weighted by Gasteiger charge is 2.30. The van der Waals surface area contributed by atoms with E-state index < -0.39 is 0 Å². The Morgan fingerprint density at radius 3 is 2.21 bits per heavy atom. The number of allylic oxidation sites excluding steroid dienone is 1. The molecule has 57 heavy (non-hydrogen) atoms. The summed E-state index contributed by atoms with van der Waals surface area (Å²) in [6, 6.07) is 48.9. The van der Waals surface area contributed by atoms with E-state index in [0.717, 1.165) is 74.4 Å². The summed E-state index contributed by atoms with van der Waals surface area (Å²) < 4.78 is 15.7. The summed E-state index contributed by atoms with van der Waals surface area (Å²) >= 11 is 1.85. The van der Waals surface area contributed by atoms with Gasteiger partial charge in [-0.25, -0.2) is 15.0 Å². The number of rotatable bonds is 7. The number of fused-ring (bicyclic) bond motifs is 7. The molecule has 0 saturated carbocycles. The molecule has 2 atom stereocenters. The molecule has 0 bridgehead atoms. The van der Waals surface area contributed by atoms with Gasteiger partial charge >= 0.3 is 0 Å². The minimum absolute atomic E-state index is 0.0172. The third-order valence-electron chi connectivity index (χ3n) is 11.6. The van der Waals surface area contributed by atoms with Crippen LogP contribution in [0.25, 0.3) is 82.1 Å². The topological polar surface area (TPSA) is 65.0 Å². The first-order valence-corrected chi connectivity index (χ1v) is 20.4. The third kappa shape index (κ3) is 5.70. The van der Waals surface area contributed by atoms with Gasteiger partial charge in [-0.1, -0.05) is 134 Å². The van der Waals surface area contributed by atoms with E-state index in [1.807, 2.05) is 36.5 Å². The smallest absolute Gasteiger partial charge is 0.164 e. The van der Waals surface area contributed by atoms with Crippen molar-refractivity contribution in [3.63, 3.8) is 0 Å². The minimum Gasteiger partial charge on any atom is -0.461 e. The van der Waals surface area contributed by atoms with Crippen molar-refractivity contribution in [1.29, 1.82) is 0 Å². The van der Waals surface area contributed by atoms with Crippen molar-refractivity contribution in [2.45, 2.75) is 38.5 Å². The van der Waals surface area contributed by atoms with Crippen molar-refractivity contribution >= 4 is 59.5 Å². The monoisotopic (exact) mass is 755 g/mol. The Bertz CT molecular complexity index is 3170. The zero-order valence-electron chi connectivity index (χ0n) is 31.6. The molecule has 4 heterocycles. The van der Waals surface area contributed by atoms with Gasteiger partial charge in [-0.2, -0.15) is 0 Å². The maximum atomic E-state index is 6.90. The fourth-order valence-corrected chi connectivity index (χ4v) is 9.91. The van der Waals surface area contributed by atoms with Crippen molar-refractivity contribution in [2.75, 3.05) is 0 Å². The first kappa shape index (κ1) is 33.7. The molecule has 0 fully saturated rings. The quantitative estimate of drug-likeness (QED) is 0.162. The molecule has 1 aliphatic carbocycles. The second kappa shape index (κ2) is 13.5. The number of benzene rings is 6. The zero-order chi connectivity index (χ0) is 38.0. The average molecular weight is 756 g/mol. The summed E-state index contributed by atoms with van der Waals surface area (Å²) in [4.78, 5) is 15.7. The van der Waals surface area contributed by atoms with Crippen LogP contribution in [0.5, 0.6) is 0 Å². The molecule has 2 unspecified atom stereocenters. The Labute approximate surface area is 334 Å². The number of para-hydroxylation sites is 1. The molecular weight excluding hydrogens is 719 g/mol. The second-order valence-electron chi connectivity index (χ2n) is 15.1. The maximum absolute atomic E-state index is 6.90. The van der Waals surface area contributed by atoms with Crippen LogP contribution < -0.4 is 0 Å². The predicted molar refractivity (Wildman–Crippen MR) is 234 cm³/mol. The molecule has 0 N–H and O–H groups in total. The Morgan fingerprint density at radius 1 is 0.632 bits per heavy atom. The highest BCUT2D eigenvalue weighted by atomic mass is 32.1. The summed E-state index contributed by atoms with van der Waals surface area (Å²) in [6.45, 7) is 4.25. The SMILES string of the molecule is Cc1oc2ccccc2c1CC(C)c1nc(-c2ccc(-c3ccccc3)cc2)nc(-c2cccc3oc4c(c23)C=CCC4c2cccc3sc4ccccc4c23)n1. The molecule has 0 aliphatic heterocycles. The Hall–Kier alpha value is -6.63. The number of hydrogen-bond donors (Lipinski definition) is 0. The van der Waals surface area contributed by atoms with Gasteiger partial charge in [-0.3, -0.25) is 0 Å². The summed E-state index contributed by atoms with van der Waals surface area (Å²) in [5, 5.41) is 4.79. The van der Waals surface area contributed by atoms with Gasteiger partial charge in [0.15, 0.2) is 11.6 Å². The van der Waals surface area contributed by atoms with Gasteiger partial charge in [0.2, 0.25) is 0 Å². The fraction of sp³-hybridized carbons (Fsp3) is 0.118. The van der Waals surface area contributed by atoms with Crippen LogP contribution in [-0.4, -0.2) is 15.0 Å². The van der Waals surface area contributed by atoms with Crippen LogP contribution in [0, 0.1) is 6.92 Å². The highest BCUT2D eigenvalue weighted by molar-refractivity contribution is 7.25. The summed E-state index contributed by atoms with van der Waals surface area (Å²) in [5.74, 6) is 4.00. The number of nitrogens with zero attached hydrogens (tertiary/aromatic N) is 3. The van der Waals surface area contributed by atoms with Gasteiger partial charge in [0.05, 0.1) is 0 Å². The number of aromatic nitrogens is 3. The third-order valence-corrected chi connectivity index (χ3v) is 12.7. The van der Waals surface area contributed by atoms with Gasteiger partial charge in [0.25, 0.3) is 0 Å². The lowest BCUT2D eigenvalue weighted by atomic mass is 9.84. The van der Waals surface area contributed by atoms with E-state index >= 15 is 0 Å². The molecule has 6 heteroatoms. The van der Waals surface area contributed by atoms with E-state index in [1.54, 1.807) is 0 Å². The summed E-state index contributed by atoms with van der Waals surface area (Å²) in [7, 11) is 0. The summed E-state index contributed by atoms with van der Waals surface area (Å²) in [6.07, 6.45) is 6.12. The van der Waals surface area contributed by atoms with Crippen LogP contribution in [-0.2, 0) is 6.42 Å². The molecule has 0 saturated heterocycles. The average Bonchev–Trinajstić information content (AvgIpc) is 3.94. The van der Waals surface area contributed by atoms with Crippen LogP contribution in [0.1, 0.15) is 59.2 Å². The van der Waals surface area contributed by atoms with Crippen LogP contribution in [0.4, 0.5) is 0 Å². The van der Waals surface area contributed by atoms with Crippen molar-refractivity contribution < 1.29 is 8.83 Å². The van der Waals surface area contributed by atoms with Crippen molar-refractivity contribution in [3.05, 3.63) is 180 Å². The van der Waals surface area contributed by atoms with Gasteiger partial charge in [0, 0.05) is 65.0 Å². The number of furan rings is 2. The van der Waals surface area contributed by atoms with Gasteiger partial charge in [0.1, 0.15) is 28.5 Å². The number of hydrogen-bond acceptors (Lipinski definition) is 6. The molecule has 4 aromatic heterocycles. The predicted octanol–water partition coefficient (Wildman–Crippen LogP) is 13.9. The van der Waals surface area contributed by atoms with Crippen LogP contribution in [0.3, 0.4) is 0 Å². The Balaban J connectivity index is 1.06. The van der Waals surface area contributed by atoms with Crippen LogP contribution >= 0.6 is 11.3 Å². The lowest BCUT2D eigenvalue weighted by Gasteiger charge is -2.19. The molecule has 0 radical (unpaired) electrons. The Morgan fingerprint density at radius 2 is 1.33 bits per heavy atom. The maximum Gasteiger partial charge on any atom is 0.164 e. The standard InChI is InChI=1S/C51H37N3O2S/c1-30(29-41-31(2)55-42-21-8-6-15-35(41)42)49-52-50(34-27-25-33(26-28-34)32-13-4-3-5-14-32)54-51(53-49)40-20-11-22-43-46(40)39-19-10-18-37(48(39)56-43)36-17-12-24-45-47(36)38-16-7-9-23-44(38)57-45/h3-17,19-28,30,37H,18,29H2,1-2H3. The normalized spacial score (nSPS) is 14.5. The number of thiophene rings is 1. The van der Waals surface area contributed by atoms with Crippen molar-refractivity contribution in [2.24, 2.45) is 0 Å². The molecule has 0 spiro atoms. The molecule has 6 aromatic carbocycles. The zero-order valence-corrected chi connectivity index (χ0v) is 32.4. The first-order valence-electron chi connectivity index (χ1n) is 19.6. The second-order valence-corrected chi connectivity index (χ2v) is 16.2.